The largest absolute Gasteiger partial charge is 0.389 e. The third-order valence-electron chi connectivity index (χ3n) is 2.43. The first-order valence-electron chi connectivity index (χ1n) is 5.56. The molecule has 3 N–H and O–H groups in total. The second kappa shape index (κ2) is 5.39. The van der Waals surface area contributed by atoms with Crippen LogP contribution >= 0.6 is 0 Å². The minimum Gasteiger partial charge on any atom is -0.348 e. The molecule has 104 valence electrons. The first kappa shape index (κ1) is 13.5. The molecule has 0 saturated carbocycles. The van der Waals surface area contributed by atoms with Crippen LogP contribution in [0.4, 0.5) is 13.2 Å². The monoisotopic (exact) mass is 275 g/mol. The molecule has 9 heteroatoms. The maximum Gasteiger partial charge on any atom is 0.389 e. The van der Waals surface area contributed by atoms with Crippen LogP contribution in [0.15, 0.2) is 17.0 Å². The molecule has 0 aliphatic rings. The zero-order valence-corrected chi connectivity index (χ0v) is 9.81. The summed E-state index contributed by atoms with van der Waals surface area (Å²) in [5, 5.41) is 3.48. The van der Waals surface area contributed by atoms with Gasteiger partial charge in [0.2, 0.25) is 5.89 Å². The zero-order valence-electron chi connectivity index (χ0n) is 9.81. The lowest BCUT2D eigenvalue weighted by atomic mass is 10.2. The number of H-pyrrole nitrogens is 1. The molecule has 0 unspecified atom stereocenters. The Morgan fingerprint density at radius 2 is 2.21 bits per heavy atom. The first-order chi connectivity index (χ1) is 8.94. The molecule has 0 aromatic carbocycles. The minimum atomic E-state index is -4.24. The number of halogens is 3. The topological polar surface area (TPSA) is 93.6 Å². The van der Waals surface area contributed by atoms with Crippen LogP contribution in [-0.4, -0.2) is 26.3 Å². The van der Waals surface area contributed by atoms with Gasteiger partial charge in [0.25, 0.3) is 0 Å². The maximum absolute atomic E-state index is 12.0. The fraction of sp³-hybridized carbons (Fsp3) is 0.500. The molecular formula is C10H12F3N5O. The highest BCUT2D eigenvalue weighted by molar-refractivity contribution is 5.02. The van der Waals surface area contributed by atoms with E-state index in [2.05, 4.69) is 20.1 Å². The van der Waals surface area contributed by atoms with Crippen molar-refractivity contribution in [1.29, 1.82) is 0 Å². The number of rotatable bonds is 5. The van der Waals surface area contributed by atoms with Gasteiger partial charge in [-0.2, -0.15) is 18.2 Å². The summed E-state index contributed by atoms with van der Waals surface area (Å²) in [5.74, 6) is 0.124. The van der Waals surface area contributed by atoms with Crippen molar-refractivity contribution in [3.63, 3.8) is 0 Å². The highest BCUT2D eigenvalue weighted by Crippen LogP contribution is 2.21. The number of imidazole rings is 1. The van der Waals surface area contributed by atoms with Crippen molar-refractivity contribution >= 4 is 0 Å². The van der Waals surface area contributed by atoms with Crippen molar-refractivity contribution in [3.8, 4) is 0 Å². The molecular weight excluding hydrogens is 263 g/mol. The van der Waals surface area contributed by atoms with Crippen molar-refractivity contribution in [2.75, 3.05) is 0 Å². The van der Waals surface area contributed by atoms with Gasteiger partial charge in [-0.15, -0.1) is 0 Å². The highest BCUT2D eigenvalue weighted by atomic mass is 19.4. The Bertz CT molecular complexity index is 507. The van der Waals surface area contributed by atoms with Gasteiger partial charge < -0.3 is 15.2 Å². The Labute approximate surface area is 106 Å². The third-order valence-corrected chi connectivity index (χ3v) is 2.43. The van der Waals surface area contributed by atoms with E-state index >= 15 is 0 Å². The van der Waals surface area contributed by atoms with Gasteiger partial charge in [0.05, 0.1) is 18.8 Å². The normalized spacial score (nSPS) is 13.7. The van der Waals surface area contributed by atoms with Crippen LogP contribution in [0.3, 0.4) is 0 Å². The standard InChI is InChI=1S/C10H12F3N5O/c11-10(12,13)2-1-8-17-9(19-18-8)7(14)3-6-4-15-5-16-6/h4-5,7H,1-3,14H2,(H,15,16)/t7-/m1/s1. The molecule has 0 fully saturated rings. The predicted molar refractivity (Wildman–Crippen MR) is 57.9 cm³/mol. The average molecular weight is 275 g/mol. The number of aryl methyl sites for hydroxylation is 1. The van der Waals surface area contributed by atoms with Crippen LogP contribution in [0.2, 0.25) is 0 Å². The number of aromatic amines is 1. The maximum atomic E-state index is 12.0. The van der Waals surface area contributed by atoms with Gasteiger partial charge in [0.15, 0.2) is 5.82 Å². The fourth-order valence-corrected chi connectivity index (χ4v) is 1.49. The van der Waals surface area contributed by atoms with Crippen LogP contribution in [0.5, 0.6) is 0 Å². The lowest BCUT2D eigenvalue weighted by molar-refractivity contribution is -0.134. The molecule has 2 heterocycles. The van der Waals surface area contributed by atoms with Gasteiger partial charge in [-0.3, -0.25) is 0 Å². The molecule has 0 amide bonds. The molecule has 0 bridgehead atoms. The smallest absolute Gasteiger partial charge is 0.348 e. The Hall–Kier alpha value is -1.90. The predicted octanol–water partition coefficient (Wildman–Crippen LogP) is 1.53. The average Bonchev–Trinajstić information content (AvgIpc) is 2.95. The Morgan fingerprint density at radius 1 is 1.42 bits per heavy atom. The molecule has 19 heavy (non-hydrogen) atoms. The summed E-state index contributed by atoms with van der Waals surface area (Å²) in [6, 6.07) is -0.576. The number of aromatic nitrogens is 4. The summed E-state index contributed by atoms with van der Waals surface area (Å²) < 4.78 is 41.0. The summed E-state index contributed by atoms with van der Waals surface area (Å²) in [5.41, 5.74) is 6.60. The van der Waals surface area contributed by atoms with Gasteiger partial charge in [0, 0.05) is 24.7 Å². The summed E-state index contributed by atoms with van der Waals surface area (Å²) in [4.78, 5) is 10.5. The van der Waals surface area contributed by atoms with E-state index in [-0.39, 0.29) is 18.1 Å². The summed E-state index contributed by atoms with van der Waals surface area (Å²) in [6.45, 7) is 0. The van der Waals surface area contributed by atoms with Crippen LogP contribution in [0.25, 0.3) is 0 Å². The third kappa shape index (κ3) is 4.05. The van der Waals surface area contributed by atoms with Crippen LogP contribution in [0.1, 0.15) is 29.9 Å². The Morgan fingerprint density at radius 3 is 2.84 bits per heavy atom. The SMILES string of the molecule is N[C@H](Cc1cnc[nH]1)c1nc(CCC(F)(F)F)no1. The minimum absolute atomic E-state index is 0.00684. The summed E-state index contributed by atoms with van der Waals surface area (Å²) in [6.07, 6.45) is -2.04. The molecule has 0 saturated heterocycles. The van der Waals surface area contributed by atoms with Crippen LogP contribution < -0.4 is 5.73 Å². The van der Waals surface area contributed by atoms with E-state index in [0.29, 0.717) is 6.42 Å². The highest BCUT2D eigenvalue weighted by Gasteiger charge is 2.28. The molecule has 0 aliphatic heterocycles. The number of nitrogens with two attached hydrogens (primary N) is 1. The molecule has 2 aromatic heterocycles. The van der Waals surface area contributed by atoms with E-state index in [9.17, 15) is 13.2 Å². The van der Waals surface area contributed by atoms with Gasteiger partial charge in [-0.1, -0.05) is 5.16 Å². The van der Waals surface area contributed by atoms with Crippen LogP contribution in [0, 0.1) is 0 Å². The molecule has 2 aromatic rings. The van der Waals surface area contributed by atoms with Gasteiger partial charge in [-0.05, 0) is 0 Å². The molecule has 0 spiro atoms. The first-order valence-corrected chi connectivity index (χ1v) is 5.56. The zero-order chi connectivity index (χ0) is 13.9. The van der Waals surface area contributed by atoms with E-state index in [1.807, 2.05) is 0 Å². The number of alkyl halides is 3. The lowest BCUT2D eigenvalue weighted by Gasteiger charge is -2.03. The van der Waals surface area contributed by atoms with Crippen molar-refractivity contribution in [1.82, 2.24) is 20.1 Å². The van der Waals surface area contributed by atoms with E-state index in [1.54, 1.807) is 6.20 Å². The van der Waals surface area contributed by atoms with E-state index in [0.717, 1.165) is 5.69 Å². The van der Waals surface area contributed by atoms with Gasteiger partial charge >= 0.3 is 6.18 Å². The van der Waals surface area contributed by atoms with E-state index < -0.39 is 18.6 Å². The van der Waals surface area contributed by atoms with Crippen molar-refractivity contribution < 1.29 is 17.7 Å². The number of nitrogens with one attached hydrogen (secondary N) is 1. The summed E-state index contributed by atoms with van der Waals surface area (Å²) in [7, 11) is 0. The van der Waals surface area contributed by atoms with Gasteiger partial charge in [0.1, 0.15) is 0 Å². The lowest BCUT2D eigenvalue weighted by Crippen LogP contribution is -2.14. The van der Waals surface area contributed by atoms with E-state index in [1.165, 1.54) is 6.33 Å². The van der Waals surface area contributed by atoms with Crippen molar-refractivity contribution in [3.05, 3.63) is 29.9 Å². The van der Waals surface area contributed by atoms with Crippen molar-refractivity contribution in [2.24, 2.45) is 5.73 Å². The number of hydrogen-bond donors (Lipinski definition) is 2. The fourth-order valence-electron chi connectivity index (χ4n) is 1.49. The molecule has 1 atom stereocenters. The molecule has 2 rings (SSSR count). The summed E-state index contributed by atoms with van der Waals surface area (Å²) >= 11 is 0. The van der Waals surface area contributed by atoms with E-state index in [4.69, 9.17) is 10.3 Å². The Kier molecular flexibility index (Phi) is 3.84. The van der Waals surface area contributed by atoms with Crippen LogP contribution in [-0.2, 0) is 12.8 Å². The molecule has 6 nitrogen and oxygen atoms in total. The molecule has 0 radical (unpaired) electrons. The number of nitrogens with zero attached hydrogens (tertiary/aromatic N) is 3. The molecule has 0 aliphatic carbocycles. The second-order valence-corrected chi connectivity index (χ2v) is 4.05. The van der Waals surface area contributed by atoms with Gasteiger partial charge in [-0.25, -0.2) is 4.98 Å². The Balaban J connectivity index is 1.92. The number of hydrogen-bond acceptors (Lipinski definition) is 5. The van der Waals surface area contributed by atoms with Crippen molar-refractivity contribution in [2.45, 2.75) is 31.5 Å². The quantitative estimate of drug-likeness (QED) is 0.863. The second-order valence-electron chi connectivity index (χ2n) is 4.05.